The average molecular weight is 355 g/mol. The van der Waals surface area contributed by atoms with Gasteiger partial charge in [-0.1, -0.05) is 4.68 Å². The lowest BCUT2D eigenvalue weighted by atomic mass is 10.2. The molecule has 2 heterocycles. The summed E-state index contributed by atoms with van der Waals surface area (Å²) in [7, 11) is 1.32. The van der Waals surface area contributed by atoms with Crippen LogP contribution >= 0.6 is 17.0 Å². The molecule has 0 aliphatic rings. The number of nitrogens with two attached hydrogens (primary N) is 1. The van der Waals surface area contributed by atoms with E-state index < -0.39 is 12.0 Å². The van der Waals surface area contributed by atoms with Gasteiger partial charge in [0.15, 0.2) is 18.6 Å². The number of esters is 1. The third kappa shape index (κ3) is 4.83. The number of aryl methyl sites for hydroxylation is 1. The Hall–Kier alpha value is -1.93. The summed E-state index contributed by atoms with van der Waals surface area (Å²) in [5.41, 5.74) is 6.49. The van der Waals surface area contributed by atoms with Gasteiger partial charge < -0.3 is 10.5 Å². The van der Waals surface area contributed by atoms with E-state index in [2.05, 4.69) is 19.8 Å². The smallest absolute Gasteiger partial charge is 0.322 e. The number of hydrogen-bond donors (Lipinski definition) is 1. The van der Waals surface area contributed by atoms with Crippen molar-refractivity contribution < 1.29 is 14.2 Å². The Morgan fingerprint density at radius 2 is 2.14 bits per heavy atom. The minimum Gasteiger partial charge on any atom is -0.468 e. The van der Waals surface area contributed by atoms with Crippen LogP contribution in [0.2, 0.25) is 0 Å². The zero-order chi connectivity index (χ0) is 14.4. The molecule has 8 heteroatoms. The fourth-order valence-corrected chi connectivity index (χ4v) is 1.64. The Labute approximate surface area is 132 Å². The van der Waals surface area contributed by atoms with Crippen LogP contribution in [-0.2, 0) is 16.1 Å². The van der Waals surface area contributed by atoms with Crippen molar-refractivity contribution in [2.24, 2.45) is 5.73 Å². The number of nitrogens with zero attached hydrogens (tertiary/aromatic N) is 4. The second kappa shape index (κ2) is 8.38. The highest BCUT2D eigenvalue weighted by atomic mass is 79.9. The van der Waals surface area contributed by atoms with Crippen LogP contribution in [0.25, 0.3) is 11.4 Å². The Morgan fingerprint density at radius 3 is 2.71 bits per heavy atom. The highest BCUT2D eigenvalue weighted by molar-refractivity contribution is 8.93. The van der Waals surface area contributed by atoms with E-state index in [0.29, 0.717) is 18.8 Å². The van der Waals surface area contributed by atoms with Gasteiger partial charge in [0, 0.05) is 30.4 Å². The summed E-state index contributed by atoms with van der Waals surface area (Å²) in [6, 6.07) is 2.99. The van der Waals surface area contributed by atoms with Crippen LogP contribution in [0.3, 0.4) is 0 Å². The average Bonchev–Trinajstić information content (AvgIpc) is 2.53. The largest absolute Gasteiger partial charge is 0.468 e. The molecule has 1 atom stereocenters. The quantitative estimate of drug-likeness (QED) is 0.612. The Kier molecular flexibility index (Phi) is 6.83. The number of hydrogen-bond acceptors (Lipinski definition) is 6. The number of carbonyl (C=O) groups excluding carboxylic acids is 1. The van der Waals surface area contributed by atoms with Gasteiger partial charge in [0.05, 0.1) is 7.11 Å². The van der Waals surface area contributed by atoms with Crippen molar-refractivity contribution in [2.75, 3.05) is 7.11 Å². The summed E-state index contributed by atoms with van der Waals surface area (Å²) in [5, 5.41) is 4.24. The first-order valence-corrected chi connectivity index (χ1v) is 6.17. The molecular weight excluding hydrogens is 338 g/mol. The standard InChI is InChI=1S/C13H16N5O2.BrH/c1-20-13(19)11(14)4-8-18-7-3-10(9-17-18)12-15-5-2-6-16-12;/h2-3,5-7,9,11H,4,8,14H2,1H3;1H/q+1;/t11-;/m1./s1. The molecule has 0 radical (unpaired) electrons. The molecule has 0 aliphatic heterocycles. The highest BCUT2D eigenvalue weighted by Gasteiger charge is 2.16. The van der Waals surface area contributed by atoms with E-state index in [9.17, 15) is 4.79 Å². The van der Waals surface area contributed by atoms with Crippen molar-refractivity contribution in [3.05, 3.63) is 36.9 Å². The van der Waals surface area contributed by atoms with Gasteiger partial charge in [-0.15, -0.1) is 17.0 Å². The second-order valence-electron chi connectivity index (χ2n) is 4.17. The van der Waals surface area contributed by atoms with Gasteiger partial charge in [-0.05, 0) is 11.2 Å². The number of rotatable bonds is 5. The van der Waals surface area contributed by atoms with Crippen molar-refractivity contribution in [3.8, 4) is 11.4 Å². The SMILES string of the molecule is Br.COC(=O)[C@H](N)CC[n+]1ccc(-c2ncccn2)cn1. The molecule has 2 aromatic rings. The van der Waals surface area contributed by atoms with E-state index in [1.165, 1.54) is 7.11 Å². The van der Waals surface area contributed by atoms with Crippen LogP contribution in [0.4, 0.5) is 0 Å². The van der Waals surface area contributed by atoms with Crippen LogP contribution in [0.5, 0.6) is 0 Å². The summed E-state index contributed by atoms with van der Waals surface area (Å²) in [6.07, 6.45) is 7.30. The van der Waals surface area contributed by atoms with Crippen molar-refractivity contribution >= 4 is 23.0 Å². The normalized spacial score (nSPS) is 11.3. The predicted octanol–water partition coefficient (Wildman–Crippen LogP) is 0.294. The second-order valence-corrected chi connectivity index (χ2v) is 4.17. The zero-order valence-electron chi connectivity index (χ0n) is 11.5. The fraction of sp³-hybridized carbons (Fsp3) is 0.308. The van der Waals surface area contributed by atoms with Crippen LogP contribution in [-0.4, -0.2) is 34.2 Å². The topological polar surface area (TPSA) is 94.9 Å². The fourth-order valence-electron chi connectivity index (χ4n) is 1.64. The van der Waals surface area contributed by atoms with Gasteiger partial charge in [-0.25, -0.2) is 9.97 Å². The Balaban J connectivity index is 0.00000220. The van der Waals surface area contributed by atoms with Crippen LogP contribution in [0.15, 0.2) is 36.9 Å². The summed E-state index contributed by atoms with van der Waals surface area (Å²) >= 11 is 0. The number of methoxy groups -OCH3 is 1. The van der Waals surface area contributed by atoms with Crippen molar-refractivity contribution in [1.82, 2.24) is 15.1 Å². The molecule has 2 aromatic heterocycles. The summed E-state index contributed by atoms with van der Waals surface area (Å²) in [4.78, 5) is 19.5. The summed E-state index contributed by atoms with van der Waals surface area (Å²) in [5.74, 6) is 0.207. The predicted molar refractivity (Wildman–Crippen MR) is 80.4 cm³/mol. The molecule has 112 valence electrons. The molecule has 0 saturated heterocycles. The molecule has 21 heavy (non-hydrogen) atoms. The van der Waals surface area contributed by atoms with Gasteiger partial charge in [0.1, 0.15) is 12.2 Å². The molecule has 0 bridgehead atoms. The van der Waals surface area contributed by atoms with Gasteiger partial charge in [0.25, 0.3) is 0 Å². The van der Waals surface area contributed by atoms with E-state index in [0.717, 1.165) is 5.56 Å². The molecule has 2 rings (SSSR count). The van der Waals surface area contributed by atoms with E-state index in [1.54, 1.807) is 35.5 Å². The van der Waals surface area contributed by atoms with Crippen LogP contribution in [0.1, 0.15) is 6.42 Å². The van der Waals surface area contributed by atoms with Gasteiger partial charge in [0.2, 0.25) is 0 Å². The van der Waals surface area contributed by atoms with Gasteiger partial charge in [-0.3, -0.25) is 4.79 Å². The molecule has 7 nitrogen and oxygen atoms in total. The molecule has 0 aromatic carbocycles. The molecular formula is C13H17BrN5O2+. The van der Waals surface area contributed by atoms with Gasteiger partial charge >= 0.3 is 5.97 Å². The molecule has 0 fully saturated rings. The summed E-state index contributed by atoms with van der Waals surface area (Å²) in [6.45, 7) is 0.534. The molecule has 2 N–H and O–H groups in total. The lowest BCUT2D eigenvalue weighted by molar-refractivity contribution is -0.754. The van der Waals surface area contributed by atoms with Crippen molar-refractivity contribution in [3.63, 3.8) is 0 Å². The van der Waals surface area contributed by atoms with Crippen LogP contribution in [0, 0.1) is 0 Å². The first-order chi connectivity index (χ1) is 9.70. The molecule has 0 amide bonds. The first-order valence-electron chi connectivity index (χ1n) is 6.17. The lowest BCUT2D eigenvalue weighted by Gasteiger charge is -2.05. The Bertz CT molecular complexity index is 565. The third-order valence-electron chi connectivity index (χ3n) is 2.77. The molecule has 0 unspecified atom stereocenters. The maximum Gasteiger partial charge on any atom is 0.322 e. The Morgan fingerprint density at radius 1 is 1.43 bits per heavy atom. The maximum absolute atomic E-state index is 11.2. The lowest BCUT2D eigenvalue weighted by Crippen LogP contribution is -2.42. The monoisotopic (exact) mass is 354 g/mol. The van der Waals surface area contributed by atoms with Gasteiger partial charge in [-0.2, -0.15) is 0 Å². The number of aromatic nitrogens is 4. The maximum atomic E-state index is 11.2. The summed E-state index contributed by atoms with van der Waals surface area (Å²) < 4.78 is 6.27. The van der Waals surface area contributed by atoms with E-state index in [4.69, 9.17) is 5.73 Å². The van der Waals surface area contributed by atoms with E-state index in [-0.39, 0.29) is 17.0 Å². The highest BCUT2D eigenvalue weighted by Crippen LogP contribution is 2.09. The van der Waals surface area contributed by atoms with Crippen molar-refractivity contribution in [1.29, 1.82) is 0 Å². The van der Waals surface area contributed by atoms with E-state index in [1.807, 2.05) is 6.07 Å². The zero-order valence-corrected chi connectivity index (χ0v) is 13.3. The third-order valence-corrected chi connectivity index (χ3v) is 2.77. The molecule has 0 saturated carbocycles. The molecule has 0 spiro atoms. The van der Waals surface area contributed by atoms with Crippen LogP contribution < -0.4 is 10.4 Å². The van der Waals surface area contributed by atoms with E-state index >= 15 is 0 Å². The number of carbonyl (C=O) groups is 1. The molecule has 0 aliphatic carbocycles. The first kappa shape index (κ1) is 17.1. The number of ether oxygens (including phenoxy) is 1. The van der Waals surface area contributed by atoms with Crippen molar-refractivity contribution in [2.45, 2.75) is 19.0 Å². The minimum absolute atomic E-state index is 0. The number of halogens is 1. The minimum atomic E-state index is -0.633.